The third-order valence-corrected chi connectivity index (χ3v) is 6.05. The zero-order valence-electron chi connectivity index (χ0n) is 13.0. The molecule has 0 aliphatic rings. The van der Waals surface area contributed by atoms with Crippen molar-refractivity contribution < 1.29 is 31.4 Å². The van der Waals surface area contributed by atoms with Gasteiger partial charge in [0, 0.05) is 0 Å². The highest BCUT2D eigenvalue weighted by atomic mass is 31.2. The number of rotatable bonds is 4. The molecule has 0 fully saturated rings. The van der Waals surface area contributed by atoms with Crippen LogP contribution in [0.2, 0.25) is 0 Å². The van der Waals surface area contributed by atoms with Crippen LogP contribution in [0, 0.1) is 29.1 Å². The maximum Gasteiger partial charge on any atom is 0.382 e. The molecule has 1 N–H and O–H groups in total. The Bertz CT molecular complexity index is 867. The van der Waals surface area contributed by atoms with E-state index in [9.17, 15) is 26.8 Å². The molecule has 0 heterocycles. The van der Waals surface area contributed by atoms with Crippen LogP contribution in [0.5, 0.6) is 5.75 Å². The third kappa shape index (κ3) is 3.04. The first-order valence-corrected chi connectivity index (χ1v) is 8.96. The van der Waals surface area contributed by atoms with Gasteiger partial charge in [0.1, 0.15) is 0 Å². The van der Waals surface area contributed by atoms with Gasteiger partial charge in [0.25, 0.3) is 5.75 Å². The van der Waals surface area contributed by atoms with E-state index in [1.54, 1.807) is 36.4 Å². The molecule has 0 unspecified atom stereocenters. The summed E-state index contributed by atoms with van der Waals surface area (Å²) >= 11 is 0. The summed E-state index contributed by atoms with van der Waals surface area (Å²) in [6.07, 6.45) is 0. The normalized spacial score (nSPS) is 11.5. The Labute approximate surface area is 146 Å². The molecule has 0 aromatic heterocycles. The Morgan fingerprint density at radius 1 is 0.577 bits per heavy atom. The summed E-state index contributed by atoms with van der Waals surface area (Å²) in [7, 11) is -3.94. The van der Waals surface area contributed by atoms with Crippen molar-refractivity contribution in [1.82, 2.24) is 0 Å². The zero-order chi connectivity index (χ0) is 18.9. The maximum atomic E-state index is 14.0. The SMILES string of the molecule is O[P+](Oc1c(F)c(F)c(F)c(F)c1F)(c1ccccc1)c1ccccc1. The molecule has 0 bridgehead atoms. The minimum absolute atomic E-state index is 0.148. The van der Waals surface area contributed by atoms with Crippen molar-refractivity contribution in [2.45, 2.75) is 0 Å². The van der Waals surface area contributed by atoms with Crippen LogP contribution in [0.3, 0.4) is 0 Å². The highest BCUT2D eigenvalue weighted by Crippen LogP contribution is 2.54. The number of halogens is 5. The van der Waals surface area contributed by atoms with Crippen LogP contribution < -0.4 is 15.1 Å². The van der Waals surface area contributed by atoms with Gasteiger partial charge >= 0.3 is 7.72 Å². The molecule has 0 atom stereocenters. The maximum absolute atomic E-state index is 14.0. The molecule has 2 nitrogen and oxygen atoms in total. The zero-order valence-corrected chi connectivity index (χ0v) is 13.9. The molecular formula is C18H11F5O2P+. The number of benzene rings is 3. The van der Waals surface area contributed by atoms with E-state index in [2.05, 4.69) is 0 Å². The summed E-state index contributed by atoms with van der Waals surface area (Å²) < 4.78 is 73.4. The van der Waals surface area contributed by atoms with E-state index in [0.29, 0.717) is 0 Å². The Morgan fingerprint density at radius 3 is 1.31 bits per heavy atom. The van der Waals surface area contributed by atoms with Gasteiger partial charge in [0.05, 0.1) is 0 Å². The third-order valence-electron chi connectivity index (χ3n) is 3.61. The molecule has 3 aromatic rings. The molecule has 3 aromatic carbocycles. The fourth-order valence-corrected chi connectivity index (χ4v) is 4.40. The average Bonchev–Trinajstić information content (AvgIpc) is 2.69. The lowest BCUT2D eigenvalue weighted by Gasteiger charge is -2.19. The molecule has 0 radical (unpaired) electrons. The first kappa shape index (κ1) is 18.3. The summed E-state index contributed by atoms with van der Waals surface area (Å²) in [6, 6.07) is 15.2. The lowest BCUT2D eigenvalue weighted by atomic mass is 10.3. The van der Waals surface area contributed by atoms with Gasteiger partial charge in [0.15, 0.2) is 10.6 Å². The highest BCUT2D eigenvalue weighted by Gasteiger charge is 2.48. The van der Waals surface area contributed by atoms with Crippen LogP contribution in [0.15, 0.2) is 60.7 Å². The second-order valence-corrected chi connectivity index (χ2v) is 7.60. The Hall–Kier alpha value is -2.50. The summed E-state index contributed by atoms with van der Waals surface area (Å²) in [4.78, 5) is 11.1. The minimum atomic E-state index is -3.94. The van der Waals surface area contributed by atoms with E-state index in [1.807, 2.05) is 0 Å². The van der Waals surface area contributed by atoms with Crippen molar-refractivity contribution in [2.24, 2.45) is 0 Å². The van der Waals surface area contributed by atoms with E-state index in [-0.39, 0.29) is 10.6 Å². The van der Waals surface area contributed by atoms with Crippen LogP contribution in [0.4, 0.5) is 22.0 Å². The number of hydrogen-bond acceptors (Lipinski definition) is 2. The monoisotopic (exact) mass is 385 g/mol. The molecule has 3 rings (SSSR count). The van der Waals surface area contributed by atoms with E-state index < -0.39 is 42.6 Å². The first-order chi connectivity index (χ1) is 12.4. The van der Waals surface area contributed by atoms with E-state index >= 15 is 0 Å². The average molecular weight is 385 g/mol. The summed E-state index contributed by atoms with van der Waals surface area (Å²) in [6.45, 7) is 0. The molecule has 26 heavy (non-hydrogen) atoms. The molecule has 0 aliphatic heterocycles. The Kier molecular flexibility index (Phi) is 4.94. The predicted octanol–water partition coefficient (Wildman–Crippen LogP) is 4.25. The van der Waals surface area contributed by atoms with Crippen molar-refractivity contribution in [1.29, 1.82) is 0 Å². The van der Waals surface area contributed by atoms with Crippen molar-refractivity contribution in [3.63, 3.8) is 0 Å². The molecule has 134 valence electrons. The topological polar surface area (TPSA) is 29.5 Å². The minimum Gasteiger partial charge on any atom is -0.302 e. The fourth-order valence-electron chi connectivity index (χ4n) is 2.31. The predicted molar refractivity (Wildman–Crippen MR) is 88.2 cm³/mol. The molecular weight excluding hydrogens is 374 g/mol. The smallest absolute Gasteiger partial charge is 0.302 e. The Balaban J connectivity index is 2.21. The van der Waals surface area contributed by atoms with Crippen LogP contribution in [0.1, 0.15) is 0 Å². The van der Waals surface area contributed by atoms with Gasteiger partial charge in [-0.2, -0.15) is 8.78 Å². The molecule has 0 amide bonds. The summed E-state index contributed by atoms with van der Waals surface area (Å²) in [5, 5.41) is 0.297. The largest absolute Gasteiger partial charge is 0.382 e. The van der Waals surface area contributed by atoms with Crippen LogP contribution in [0.25, 0.3) is 0 Å². The molecule has 0 saturated heterocycles. The van der Waals surface area contributed by atoms with Crippen molar-refractivity contribution in [3.05, 3.63) is 89.7 Å². The van der Waals surface area contributed by atoms with E-state index in [4.69, 9.17) is 4.52 Å². The quantitative estimate of drug-likeness (QED) is 0.315. The molecule has 0 aliphatic carbocycles. The first-order valence-electron chi connectivity index (χ1n) is 7.30. The van der Waals surface area contributed by atoms with Crippen molar-refractivity contribution >= 4 is 18.3 Å². The molecule has 8 heteroatoms. The molecule has 0 spiro atoms. The Morgan fingerprint density at radius 2 is 0.923 bits per heavy atom. The van der Waals surface area contributed by atoms with Gasteiger partial charge in [-0.05, 0) is 24.3 Å². The second kappa shape index (κ2) is 7.02. The van der Waals surface area contributed by atoms with Gasteiger partial charge < -0.3 is 4.52 Å². The second-order valence-electron chi connectivity index (χ2n) is 5.24. The van der Waals surface area contributed by atoms with Gasteiger partial charge in [-0.1, -0.05) is 36.4 Å². The highest BCUT2D eigenvalue weighted by molar-refractivity contribution is 7.80. The fraction of sp³-hybridized carbons (Fsp3) is 0. The van der Waals surface area contributed by atoms with Gasteiger partial charge in [-0.15, -0.1) is 0 Å². The standard InChI is InChI=1S/C18H11F5O2P/c19-13-14(20)16(22)18(17(23)15(13)21)25-26(24,11-7-3-1-4-8-11)12-9-5-2-6-10-12/h1-10,24H/q+1. The van der Waals surface area contributed by atoms with Gasteiger partial charge in [-0.3, -0.25) is 0 Å². The van der Waals surface area contributed by atoms with Gasteiger partial charge in [-0.25, -0.2) is 18.1 Å². The van der Waals surface area contributed by atoms with Crippen molar-refractivity contribution in [2.75, 3.05) is 0 Å². The summed E-state index contributed by atoms with van der Waals surface area (Å²) in [5.41, 5.74) is 0. The lowest BCUT2D eigenvalue weighted by Crippen LogP contribution is -2.27. The van der Waals surface area contributed by atoms with Crippen molar-refractivity contribution in [3.8, 4) is 5.75 Å². The van der Waals surface area contributed by atoms with Crippen LogP contribution in [-0.2, 0) is 0 Å². The van der Waals surface area contributed by atoms with E-state index in [0.717, 1.165) is 0 Å². The molecule has 0 saturated carbocycles. The van der Waals surface area contributed by atoms with Crippen LogP contribution >= 0.6 is 7.72 Å². The van der Waals surface area contributed by atoms with Crippen LogP contribution in [-0.4, -0.2) is 4.89 Å². The van der Waals surface area contributed by atoms with Gasteiger partial charge in [0.2, 0.25) is 29.1 Å². The lowest BCUT2D eigenvalue weighted by molar-refractivity contribution is 0.344. The number of hydrogen-bond donors (Lipinski definition) is 1. The summed E-state index contributed by atoms with van der Waals surface area (Å²) in [5.74, 6) is -12.4. The van der Waals surface area contributed by atoms with E-state index in [1.165, 1.54) is 24.3 Å².